The lowest BCUT2D eigenvalue weighted by molar-refractivity contribution is 0.0521. The first-order valence-electron chi connectivity index (χ1n) is 5.44. The van der Waals surface area contributed by atoms with Crippen LogP contribution in [-0.4, -0.2) is 24.2 Å². The predicted molar refractivity (Wildman–Crippen MR) is 66.7 cm³/mol. The second-order valence-corrected chi connectivity index (χ2v) is 4.25. The van der Waals surface area contributed by atoms with Gasteiger partial charge in [-0.1, -0.05) is 0 Å². The molecule has 0 amide bonds. The molecule has 90 valence electrons. The predicted octanol–water partition coefficient (Wildman–Crippen LogP) is 2.87. The molecule has 2 rings (SSSR count). The molecule has 0 aliphatic rings. The van der Waals surface area contributed by atoms with Crippen LogP contribution in [0.15, 0.2) is 17.5 Å². The highest BCUT2D eigenvalue weighted by molar-refractivity contribution is 7.17. The summed E-state index contributed by atoms with van der Waals surface area (Å²) in [6, 6.07) is 3.67. The summed E-state index contributed by atoms with van der Waals surface area (Å²) in [5, 5.41) is 1.93. The fourth-order valence-electron chi connectivity index (χ4n) is 1.48. The van der Waals surface area contributed by atoms with E-state index in [1.54, 1.807) is 13.0 Å². The number of thiophene rings is 1. The van der Waals surface area contributed by atoms with E-state index in [-0.39, 0.29) is 0 Å². The summed E-state index contributed by atoms with van der Waals surface area (Å²) in [6.07, 6.45) is 0. The number of fused-ring (bicyclic) bond motifs is 1. The monoisotopic (exact) mass is 251 g/mol. The van der Waals surface area contributed by atoms with E-state index in [1.807, 2.05) is 18.4 Å². The van der Waals surface area contributed by atoms with E-state index in [1.165, 1.54) is 11.3 Å². The molecule has 0 N–H and O–H groups in total. The largest absolute Gasteiger partial charge is 0.477 e. The van der Waals surface area contributed by atoms with Gasteiger partial charge in [-0.25, -0.2) is 9.78 Å². The zero-order valence-electron chi connectivity index (χ0n) is 9.73. The van der Waals surface area contributed by atoms with Crippen LogP contribution in [0.4, 0.5) is 0 Å². The van der Waals surface area contributed by atoms with Crippen molar-refractivity contribution in [2.75, 3.05) is 13.2 Å². The van der Waals surface area contributed by atoms with Crippen LogP contribution in [0.1, 0.15) is 24.2 Å². The standard InChI is InChI=1S/C12H13NO3S/c1-3-15-11-8(12(14)16-4-2)7-10-9(13-11)5-6-17-10/h5-7H,3-4H2,1-2H3. The molecule has 17 heavy (non-hydrogen) atoms. The van der Waals surface area contributed by atoms with Crippen molar-refractivity contribution in [3.05, 3.63) is 23.1 Å². The summed E-state index contributed by atoms with van der Waals surface area (Å²) in [6.45, 7) is 4.44. The molecule has 0 fully saturated rings. The zero-order chi connectivity index (χ0) is 12.3. The van der Waals surface area contributed by atoms with Gasteiger partial charge in [-0.05, 0) is 31.4 Å². The van der Waals surface area contributed by atoms with Gasteiger partial charge >= 0.3 is 5.97 Å². The van der Waals surface area contributed by atoms with Crippen molar-refractivity contribution >= 4 is 27.5 Å². The highest BCUT2D eigenvalue weighted by Gasteiger charge is 2.17. The first-order valence-corrected chi connectivity index (χ1v) is 6.32. The van der Waals surface area contributed by atoms with E-state index in [0.717, 1.165) is 10.2 Å². The number of rotatable bonds is 4. The minimum Gasteiger partial charge on any atom is -0.477 e. The van der Waals surface area contributed by atoms with Crippen molar-refractivity contribution in [2.45, 2.75) is 13.8 Å². The number of ether oxygens (including phenoxy) is 2. The molecule has 0 aliphatic heterocycles. The molecule has 4 nitrogen and oxygen atoms in total. The van der Waals surface area contributed by atoms with E-state index in [2.05, 4.69) is 4.98 Å². The average Bonchev–Trinajstić information content (AvgIpc) is 2.75. The van der Waals surface area contributed by atoms with Gasteiger partial charge in [0.15, 0.2) is 0 Å². The highest BCUT2D eigenvalue weighted by atomic mass is 32.1. The van der Waals surface area contributed by atoms with Gasteiger partial charge in [-0.15, -0.1) is 11.3 Å². The Labute approximate surface area is 103 Å². The maximum absolute atomic E-state index is 11.8. The fraction of sp³-hybridized carbons (Fsp3) is 0.333. The first kappa shape index (κ1) is 11.9. The molecule has 0 spiro atoms. The van der Waals surface area contributed by atoms with E-state index in [4.69, 9.17) is 9.47 Å². The van der Waals surface area contributed by atoms with Crippen molar-refractivity contribution in [1.29, 1.82) is 0 Å². The van der Waals surface area contributed by atoms with Crippen molar-refractivity contribution in [2.24, 2.45) is 0 Å². The number of aromatic nitrogens is 1. The molecule has 0 radical (unpaired) electrons. The van der Waals surface area contributed by atoms with Gasteiger partial charge in [0.1, 0.15) is 5.56 Å². The molecular weight excluding hydrogens is 238 g/mol. The van der Waals surface area contributed by atoms with Crippen LogP contribution in [-0.2, 0) is 4.74 Å². The number of pyridine rings is 1. The number of carbonyl (C=O) groups is 1. The molecule has 0 aromatic carbocycles. The lowest BCUT2D eigenvalue weighted by Gasteiger charge is -2.08. The topological polar surface area (TPSA) is 48.4 Å². The van der Waals surface area contributed by atoms with Gasteiger partial charge in [0, 0.05) is 0 Å². The SMILES string of the molecule is CCOC(=O)c1cc2sccc2nc1OCC. The second kappa shape index (κ2) is 5.14. The number of hydrogen-bond acceptors (Lipinski definition) is 5. The maximum Gasteiger partial charge on any atom is 0.343 e. The van der Waals surface area contributed by atoms with E-state index >= 15 is 0 Å². The minimum absolute atomic E-state index is 0.340. The third-order valence-corrected chi connectivity index (χ3v) is 3.03. The smallest absolute Gasteiger partial charge is 0.343 e. The van der Waals surface area contributed by atoms with E-state index in [0.29, 0.717) is 24.7 Å². The normalized spacial score (nSPS) is 10.5. The van der Waals surface area contributed by atoms with E-state index in [9.17, 15) is 4.79 Å². The van der Waals surface area contributed by atoms with Crippen LogP contribution in [0.2, 0.25) is 0 Å². The second-order valence-electron chi connectivity index (χ2n) is 3.30. The number of esters is 1. The molecule has 0 aliphatic carbocycles. The Morgan fingerprint density at radius 3 is 2.94 bits per heavy atom. The molecule has 5 heteroatoms. The Morgan fingerprint density at radius 2 is 2.24 bits per heavy atom. The lowest BCUT2D eigenvalue weighted by atomic mass is 10.2. The molecule has 2 aromatic heterocycles. The van der Waals surface area contributed by atoms with Crippen LogP contribution in [0.25, 0.3) is 10.2 Å². The van der Waals surface area contributed by atoms with Crippen LogP contribution in [0.5, 0.6) is 5.88 Å². The number of hydrogen-bond donors (Lipinski definition) is 0. The molecule has 2 aromatic rings. The zero-order valence-corrected chi connectivity index (χ0v) is 10.5. The molecule has 0 saturated carbocycles. The summed E-state index contributed by atoms with van der Waals surface area (Å²) < 4.78 is 11.3. The number of nitrogens with zero attached hydrogens (tertiary/aromatic N) is 1. The summed E-state index contributed by atoms with van der Waals surface area (Å²) in [7, 11) is 0. The minimum atomic E-state index is -0.390. The first-order chi connectivity index (χ1) is 8.26. The van der Waals surface area contributed by atoms with Crippen LogP contribution in [0.3, 0.4) is 0 Å². The molecular formula is C12H13NO3S. The fourth-order valence-corrected chi connectivity index (χ4v) is 2.24. The van der Waals surface area contributed by atoms with Crippen LogP contribution in [0, 0.1) is 0 Å². The molecule has 0 bridgehead atoms. The number of carbonyl (C=O) groups excluding carboxylic acids is 1. The van der Waals surface area contributed by atoms with Crippen molar-refractivity contribution in [3.8, 4) is 5.88 Å². The molecule has 0 saturated heterocycles. The van der Waals surface area contributed by atoms with Gasteiger partial charge in [0.25, 0.3) is 0 Å². The Balaban J connectivity index is 2.48. The third-order valence-electron chi connectivity index (χ3n) is 2.18. The molecule has 0 atom stereocenters. The quantitative estimate of drug-likeness (QED) is 0.784. The summed E-state index contributed by atoms with van der Waals surface area (Å²) in [5.74, 6) is -0.0457. The van der Waals surface area contributed by atoms with Crippen LogP contribution < -0.4 is 4.74 Å². The van der Waals surface area contributed by atoms with Gasteiger partial charge < -0.3 is 9.47 Å². The average molecular weight is 251 g/mol. The van der Waals surface area contributed by atoms with Crippen molar-refractivity contribution in [3.63, 3.8) is 0 Å². The Hall–Kier alpha value is -1.62. The van der Waals surface area contributed by atoms with Crippen molar-refractivity contribution < 1.29 is 14.3 Å². The Morgan fingerprint density at radius 1 is 1.41 bits per heavy atom. The van der Waals surface area contributed by atoms with Gasteiger partial charge in [0.05, 0.1) is 23.4 Å². The summed E-state index contributed by atoms with van der Waals surface area (Å²) >= 11 is 1.54. The Bertz CT molecular complexity index is 536. The lowest BCUT2D eigenvalue weighted by Crippen LogP contribution is -2.09. The summed E-state index contributed by atoms with van der Waals surface area (Å²) in [5.41, 5.74) is 1.23. The van der Waals surface area contributed by atoms with Crippen LogP contribution >= 0.6 is 11.3 Å². The molecule has 0 unspecified atom stereocenters. The van der Waals surface area contributed by atoms with Gasteiger partial charge in [-0.2, -0.15) is 0 Å². The molecule has 2 heterocycles. The maximum atomic E-state index is 11.8. The third kappa shape index (κ3) is 2.39. The van der Waals surface area contributed by atoms with Crippen molar-refractivity contribution in [1.82, 2.24) is 4.98 Å². The highest BCUT2D eigenvalue weighted by Crippen LogP contribution is 2.26. The van der Waals surface area contributed by atoms with Gasteiger partial charge in [0.2, 0.25) is 5.88 Å². The van der Waals surface area contributed by atoms with E-state index < -0.39 is 5.97 Å². The Kier molecular flexibility index (Phi) is 3.58. The van der Waals surface area contributed by atoms with Gasteiger partial charge in [-0.3, -0.25) is 0 Å². The summed E-state index contributed by atoms with van der Waals surface area (Å²) in [4.78, 5) is 16.1.